The standard InChI is InChI=1S/C31H26N2/c1-32(27-22-20-26(21-23-27)25-12-5-2-6-13-25)30-18-11-19-31(24-30)33(28-14-7-3-8-15-28)29-16-9-4-10-17-29/h2-24H,1H3. The van der Waals surface area contributed by atoms with E-state index in [-0.39, 0.29) is 0 Å². The fourth-order valence-electron chi connectivity index (χ4n) is 4.10. The van der Waals surface area contributed by atoms with Crippen LogP contribution in [0.4, 0.5) is 28.4 Å². The summed E-state index contributed by atoms with van der Waals surface area (Å²) in [5.41, 5.74) is 8.13. The van der Waals surface area contributed by atoms with Gasteiger partial charge in [0.2, 0.25) is 0 Å². The molecule has 2 heteroatoms. The number of hydrogen-bond donors (Lipinski definition) is 0. The molecule has 0 N–H and O–H groups in total. The molecule has 5 aromatic rings. The lowest BCUT2D eigenvalue weighted by molar-refractivity contribution is 1.20. The van der Waals surface area contributed by atoms with E-state index < -0.39 is 0 Å². The lowest BCUT2D eigenvalue weighted by Crippen LogP contribution is -2.12. The Hall–Kier alpha value is -4.30. The predicted octanol–water partition coefficient (Wildman–Crippen LogP) is 8.59. The molecule has 33 heavy (non-hydrogen) atoms. The van der Waals surface area contributed by atoms with Crippen molar-refractivity contribution >= 4 is 28.4 Å². The summed E-state index contributed by atoms with van der Waals surface area (Å²) in [6.07, 6.45) is 0. The summed E-state index contributed by atoms with van der Waals surface area (Å²) in [5.74, 6) is 0. The van der Waals surface area contributed by atoms with E-state index in [0.29, 0.717) is 0 Å². The first kappa shape index (κ1) is 20.6. The fourth-order valence-corrected chi connectivity index (χ4v) is 4.10. The maximum atomic E-state index is 2.29. The van der Waals surface area contributed by atoms with Gasteiger partial charge in [-0.3, -0.25) is 0 Å². The van der Waals surface area contributed by atoms with Gasteiger partial charge in [-0.05, 0) is 65.7 Å². The summed E-state index contributed by atoms with van der Waals surface area (Å²) < 4.78 is 0. The highest BCUT2D eigenvalue weighted by atomic mass is 15.2. The van der Waals surface area contributed by atoms with Crippen molar-refractivity contribution in [1.29, 1.82) is 0 Å². The molecule has 0 radical (unpaired) electrons. The zero-order valence-corrected chi connectivity index (χ0v) is 18.7. The molecule has 0 heterocycles. The molecule has 2 nitrogen and oxygen atoms in total. The smallest absolute Gasteiger partial charge is 0.0482 e. The lowest BCUT2D eigenvalue weighted by atomic mass is 10.1. The van der Waals surface area contributed by atoms with Gasteiger partial charge < -0.3 is 9.80 Å². The number of anilines is 5. The number of rotatable bonds is 6. The SMILES string of the molecule is CN(c1ccc(-c2ccccc2)cc1)c1cccc(N(c2ccccc2)c2ccccc2)c1. The van der Waals surface area contributed by atoms with Crippen LogP contribution >= 0.6 is 0 Å². The molecule has 0 aliphatic heterocycles. The minimum Gasteiger partial charge on any atom is -0.345 e. The molecule has 0 atom stereocenters. The van der Waals surface area contributed by atoms with Crippen molar-refractivity contribution in [3.63, 3.8) is 0 Å². The third-order valence-corrected chi connectivity index (χ3v) is 5.87. The topological polar surface area (TPSA) is 6.48 Å². The van der Waals surface area contributed by atoms with E-state index in [1.165, 1.54) is 11.1 Å². The van der Waals surface area contributed by atoms with Crippen LogP contribution < -0.4 is 9.80 Å². The summed E-state index contributed by atoms with van der Waals surface area (Å²) in [7, 11) is 2.12. The Labute approximate surface area is 196 Å². The van der Waals surface area contributed by atoms with Gasteiger partial charge in [0.05, 0.1) is 0 Å². The van der Waals surface area contributed by atoms with Gasteiger partial charge in [0, 0.05) is 35.5 Å². The fraction of sp³-hybridized carbons (Fsp3) is 0.0323. The van der Waals surface area contributed by atoms with Gasteiger partial charge in [-0.1, -0.05) is 84.9 Å². The van der Waals surface area contributed by atoms with E-state index in [9.17, 15) is 0 Å². The van der Waals surface area contributed by atoms with Crippen LogP contribution in [-0.2, 0) is 0 Å². The van der Waals surface area contributed by atoms with Crippen molar-refractivity contribution in [2.24, 2.45) is 0 Å². The summed E-state index contributed by atoms with van der Waals surface area (Å²) in [6, 6.07) is 48.9. The first-order valence-corrected chi connectivity index (χ1v) is 11.2. The first-order valence-electron chi connectivity index (χ1n) is 11.2. The van der Waals surface area contributed by atoms with E-state index in [2.05, 4.69) is 150 Å². The van der Waals surface area contributed by atoms with E-state index >= 15 is 0 Å². The molecule has 0 aromatic heterocycles. The normalized spacial score (nSPS) is 10.6. The van der Waals surface area contributed by atoms with Crippen LogP contribution in [0, 0.1) is 0 Å². The van der Waals surface area contributed by atoms with Gasteiger partial charge in [-0.15, -0.1) is 0 Å². The highest BCUT2D eigenvalue weighted by molar-refractivity contribution is 5.79. The van der Waals surface area contributed by atoms with Crippen LogP contribution in [0.25, 0.3) is 11.1 Å². The second kappa shape index (κ2) is 9.46. The second-order valence-corrected chi connectivity index (χ2v) is 8.00. The van der Waals surface area contributed by atoms with Gasteiger partial charge in [-0.2, -0.15) is 0 Å². The van der Waals surface area contributed by atoms with Crippen molar-refractivity contribution in [3.8, 4) is 11.1 Å². The molecule has 0 bridgehead atoms. The third-order valence-electron chi connectivity index (χ3n) is 5.87. The van der Waals surface area contributed by atoms with Crippen LogP contribution in [0.15, 0.2) is 140 Å². The molecule has 5 aromatic carbocycles. The summed E-state index contributed by atoms with van der Waals surface area (Å²) in [6.45, 7) is 0. The van der Waals surface area contributed by atoms with Crippen molar-refractivity contribution < 1.29 is 0 Å². The minimum absolute atomic E-state index is 1.12. The highest BCUT2D eigenvalue weighted by Gasteiger charge is 2.13. The second-order valence-electron chi connectivity index (χ2n) is 8.00. The molecule has 0 aliphatic rings. The van der Waals surface area contributed by atoms with Crippen LogP contribution in [0.1, 0.15) is 0 Å². The number of para-hydroxylation sites is 2. The average molecular weight is 427 g/mol. The zero-order chi connectivity index (χ0) is 22.5. The predicted molar refractivity (Wildman–Crippen MR) is 141 cm³/mol. The van der Waals surface area contributed by atoms with E-state index in [0.717, 1.165) is 28.4 Å². The van der Waals surface area contributed by atoms with Crippen LogP contribution in [0.5, 0.6) is 0 Å². The van der Waals surface area contributed by atoms with Crippen LogP contribution in [0.3, 0.4) is 0 Å². The quantitative estimate of drug-likeness (QED) is 0.268. The molecular formula is C31H26N2. The molecule has 0 fully saturated rings. The third kappa shape index (κ3) is 4.51. The Balaban J connectivity index is 1.48. The van der Waals surface area contributed by atoms with Crippen LogP contribution in [-0.4, -0.2) is 7.05 Å². The van der Waals surface area contributed by atoms with E-state index in [1.807, 2.05) is 6.07 Å². The van der Waals surface area contributed by atoms with Crippen molar-refractivity contribution in [3.05, 3.63) is 140 Å². The van der Waals surface area contributed by atoms with Gasteiger partial charge in [0.1, 0.15) is 0 Å². The Kier molecular flexibility index (Phi) is 5.90. The largest absolute Gasteiger partial charge is 0.345 e. The summed E-state index contributed by atoms with van der Waals surface area (Å²) in [5, 5.41) is 0. The van der Waals surface area contributed by atoms with Crippen molar-refractivity contribution in [2.75, 3.05) is 16.8 Å². The molecule has 0 aliphatic carbocycles. The van der Waals surface area contributed by atoms with Crippen molar-refractivity contribution in [1.82, 2.24) is 0 Å². The van der Waals surface area contributed by atoms with Gasteiger partial charge >= 0.3 is 0 Å². The molecule has 0 saturated carbocycles. The summed E-state index contributed by atoms with van der Waals surface area (Å²) >= 11 is 0. The monoisotopic (exact) mass is 426 g/mol. The summed E-state index contributed by atoms with van der Waals surface area (Å²) in [4.78, 5) is 4.52. The molecule has 160 valence electrons. The Bertz CT molecular complexity index is 1260. The lowest BCUT2D eigenvalue weighted by Gasteiger charge is -2.27. The Morgan fingerprint density at radius 3 is 1.39 bits per heavy atom. The molecule has 0 unspecified atom stereocenters. The molecule has 0 spiro atoms. The molecular weight excluding hydrogens is 400 g/mol. The minimum atomic E-state index is 1.12. The van der Waals surface area contributed by atoms with E-state index in [1.54, 1.807) is 0 Å². The van der Waals surface area contributed by atoms with E-state index in [4.69, 9.17) is 0 Å². The Morgan fingerprint density at radius 2 is 0.818 bits per heavy atom. The molecule has 0 saturated heterocycles. The van der Waals surface area contributed by atoms with Crippen molar-refractivity contribution in [2.45, 2.75) is 0 Å². The average Bonchev–Trinajstić information content (AvgIpc) is 2.90. The van der Waals surface area contributed by atoms with Gasteiger partial charge in [0.15, 0.2) is 0 Å². The number of hydrogen-bond acceptors (Lipinski definition) is 2. The maximum Gasteiger partial charge on any atom is 0.0482 e. The highest BCUT2D eigenvalue weighted by Crippen LogP contribution is 2.37. The molecule has 0 amide bonds. The van der Waals surface area contributed by atoms with Gasteiger partial charge in [-0.25, -0.2) is 0 Å². The molecule has 5 rings (SSSR count). The number of nitrogens with zero attached hydrogens (tertiary/aromatic N) is 2. The zero-order valence-electron chi connectivity index (χ0n) is 18.7. The number of benzene rings is 5. The van der Waals surface area contributed by atoms with Gasteiger partial charge in [0.25, 0.3) is 0 Å². The first-order chi connectivity index (χ1) is 16.3. The Morgan fingerprint density at radius 1 is 0.364 bits per heavy atom. The van der Waals surface area contributed by atoms with Crippen LogP contribution in [0.2, 0.25) is 0 Å². The maximum absolute atomic E-state index is 2.29.